The summed E-state index contributed by atoms with van der Waals surface area (Å²) in [4.78, 5) is 0. The molecule has 5 atom stereocenters. The van der Waals surface area contributed by atoms with Crippen LogP contribution in [0.25, 0.3) is 0 Å². The highest BCUT2D eigenvalue weighted by Crippen LogP contribution is 2.68. The Labute approximate surface area is 121 Å². The van der Waals surface area contributed by atoms with Crippen LogP contribution in [0.2, 0.25) is 0 Å². The van der Waals surface area contributed by atoms with Crippen molar-refractivity contribution in [2.75, 3.05) is 6.61 Å². The fourth-order valence-corrected chi connectivity index (χ4v) is 4.73. The van der Waals surface area contributed by atoms with Crippen molar-refractivity contribution in [1.82, 2.24) is 0 Å². The van der Waals surface area contributed by atoms with Gasteiger partial charge in [-0.1, -0.05) is 19.9 Å². The van der Waals surface area contributed by atoms with E-state index in [-0.39, 0.29) is 11.0 Å². The van der Waals surface area contributed by atoms with Crippen molar-refractivity contribution in [3.8, 4) is 0 Å². The van der Waals surface area contributed by atoms with E-state index in [9.17, 15) is 0 Å². The summed E-state index contributed by atoms with van der Waals surface area (Å²) >= 11 is 0. The van der Waals surface area contributed by atoms with Crippen LogP contribution >= 0.6 is 0 Å². The van der Waals surface area contributed by atoms with E-state index >= 15 is 0 Å². The number of rotatable bonds is 2. The van der Waals surface area contributed by atoms with E-state index in [0.717, 1.165) is 6.42 Å². The maximum atomic E-state index is 6.23. The van der Waals surface area contributed by atoms with E-state index < -0.39 is 5.79 Å². The van der Waals surface area contributed by atoms with Crippen molar-refractivity contribution in [2.24, 2.45) is 11.3 Å². The molecule has 4 aliphatic rings. The molecule has 0 aromatic carbocycles. The Morgan fingerprint density at radius 1 is 1.40 bits per heavy atom. The van der Waals surface area contributed by atoms with Gasteiger partial charge in [-0.3, -0.25) is 0 Å². The minimum absolute atomic E-state index is 0.0677. The summed E-state index contributed by atoms with van der Waals surface area (Å²) < 4.78 is 18.3. The van der Waals surface area contributed by atoms with Crippen molar-refractivity contribution >= 4 is 0 Å². The highest BCUT2D eigenvalue weighted by atomic mass is 16.7. The lowest BCUT2D eigenvalue weighted by Gasteiger charge is -2.49. The number of hydrogen-bond donors (Lipinski definition) is 0. The van der Waals surface area contributed by atoms with Gasteiger partial charge in [-0.05, 0) is 38.2 Å². The molecule has 0 bridgehead atoms. The minimum Gasteiger partial charge on any atom is -0.465 e. The second kappa shape index (κ2) is 3.69. The van der Waals surface area contributed by atoms with E-state index in [1.807, 2.05) is 13.2 Å². The minimum atomic E-state index is -0.593. The Hall–Kier alpha value is -0.800. The Balaban J connectivity index is 1.84. The van der Waals surface area contributed by atoms with Crippen LogP contribution in [0.15, 0.2) is 23.5 Å². The van der Waals surface area contributed by atoms with E-state index in [1.54, 1.807) is 0 Å². The summed E-state index contributed by atoms with van der Waals surface area (Å²) in [5, 5.41) is 0. The van der Waals surface area contributed by atoms with Crippen LogP contribution in [0.3, 0.4) is 0 Å². The summed E-state index contributed by atoms with van der Waals surface area (Å²) in [6.07, 6.45) is 7.92. The van der Waals surface area contributed by atoms with Gasteiger partial charge in [0.05, 0.1) is 18.8 Å². The van der Waals surface area contributed by atoms with E-state index in [1.165, 1.54) is 24.0 Å². The molecule has 4 rings (SSSR count). The third kappa shape index (κ3) is 1.29. The SMILES string of the molecule is CCOC12CC34OC3CCC(C)C4(C)C=C1C(C)=CO2. The molecule has 0 aromatic rings. The maximum Gasteiger partial charge on any atom is 0.239 e. The standard InChI is InChI=1S/C17H24O3/c1-5-18-17-10-16-14(20-16)7-6-12(3)15(16,4)8-13(17)11(2)9-19-17/h8-9,12,14H,5-7,10H2,1-4H3. The Morgan fingerprint density at radius 2 is 2.20 bits per heavy atom. The Kier molecular flexibility index (Phi) is 2.38. The molecule has 1 saturated carbocycles. The van der Waals surface area contributed by atoms with Crippen LogP contribution in [-0.4, -0.2) is 24.1 Å². The average Bonchev–Trinajstić information content (AvgIpc) is 3.04. The first-order valence-corrected chi connectivity index (χ1v) is 7.87. The van der Waals surface area contributed by atoms with Crippen molar-refractivity contribution in [1.29, 1.82) is 0 Å². The quantitative estimate of drug-likeness (QED) is 0.723. The van der Waals surface area contributed by atoms with Gasteiger partial charge in [0, 0.05) is 17.6 Å². The third-order valence-electron chi connectivity index (χ3n) is 6.19. The Bertz CT molecular complexity index is 522. The number of hydrogen-bond acceptors (Lipinski definition) is 3. The normalized spacial score (nSPS) is 52.2. The van der Waals surface area contributed by atoms with Crippen LogP contribution < -0.4 is 0 Å². The average molecular weight is 276 g/mol. The summed E-state index contributed by atoms with van der Waals surface area (Å²) in [6.45, 7) is 9.53. The molecule has 1 spiro atoms. The van der Waals surface area contributed by atoms with Crippen molar-refractivity contribution < 1.29 is 14.2 Å². The molecular formula is C17H24O3. The van der Waals surface area contributed by atoms with Gasteiger partial charge in [0.15, 0.2) is 0 Å². The van der Waals surface area contributed by atoms with Gasteiger partial charge in [0.2, 0.25) is 5.79 Å². The Morgan fingerprint density at radius 3 is 2.95 bits per heavy atom. The van der Waals surface area contributed by atoms with Gasteiger partial charge in [-0.15, -0.1) is 0 Å². The third-order valence-corrected chi connectivity index (χ3v) is 6.19. The first kappa shape index (κ1) is 12.9. The summed E-state index contributed by atoms with van der Waals surface area (Å²) in [5.41, 5.74) is 2.47. The molecule has 110 valence electrons. The van der Waals surface area contributed by atoms with Gasteiger partial charge < -0.3 is 14.2 Å². The predicted octanol–water partition coefficient (Wildman–Crippen LogP) is 3.56. The summed E-state index contributed by atoms with van der Waals surface area (Å²) in [6, 6.07) is 0. The predicted molar refractivity (Wildman–Crippen MR) is 76.0 cm³/mol. The van der Waals surface area contributed by atoms with Gasteiger partial charge in [0.25, 0.3) is 0 Å². The van der Waals surface area contributed by atoms with Crippen molar-refractivity contribution in [3.05, 3.63) is 23.5 Å². The lowest BCUT2D eigenvalue weighted by Crippen LogP contribution is -2.54. The number of ether oxygens (including phenoxy) is 3. The van der Waals surface area contributed by atoms with Crippen molar-refractivity contribution in [3.63, 3.8) is 0 Å². The molecule has 2 aliphatic heterocycles. The summed E-state index contributed by atoms with van der Waals surface area (Å²) in [7, 11) is 0. The topological polar surface area (TPSA) is 31.0 Å². The molecule has 2 fully saturated rings. The van der Waals surface area contributed by atoms with E-state index in [2.05, 4.69) is 26.8 Å². The molecule has 20 heavy (non-hydrogen) atoms. The molecule has 3 heteroatoms. The fraction of sp³-hybridized carbons (Fsp3) is 0.765. The zero-order valence-electron chi connectivity index (χ0n) is 12.9. The fourth-order valence-electron chi connectivity index (χ4n) is 4.73. The van der Waals surface area contributed by atoms with E-state index in [0.29, 0.717) is 18.6 Å². The molecule has 0 aromatic heterocycles. The molecule has 2 aliphatic carbocycles. The maximum absolute atomic E-state index is 6.23. The van der Waals surface area contributed by atoms with Crippen molar-refractivity contribution in [2.45, 2.75) is 64.4 Å². The monoisotopic (exact) mass is 276 g/mol. The lowest BCUT2D eigenvalue weighted by molar-refractivity contribution is -0.194. The number of fused-ring (bicyclic) bond motifs is 1. The molecule has 5 unspecified atom stereocenters. The first-order valence-electron chi connectivity index (χ1n) is 7.87. The van der Waals surface area contributed by atoms with Gasteiger partial charge in [-0.25, -0.2) is 0 Å². The second-order valence-electron chi connectivity index (χ2n) is 7.10. The summed E-state index contributed by atoms with van der Waals surface area (Å²) in [5.74, 6) is 0.0474. The largest absolute Gasteiger partial charge is 0.465 e. The van der Waals surface area contributed by atoms with Crippen LogP contribution in [0, 0.1) is 11.3 Å². The highest BCUT2D eigenvalue weighted by Gasteiger charge is 2.75. The lowest BCUT2D eigenvalue weighted by atomic mass is 9.56. The van der Waals surface area contributed by atoms with Gasteiger partial charge in [0.1, 0.15) is 5.60 Å². The molecule has 3 nitrogen and oxygen atoms in total. The highest BCUT2D eigenvalue weighted by molar-refractivity contribution is 5.46. The van der Waals surface area contributed by atoms with Crippen LogP contribution in [0.5, 0.6) is 0 Å². The van der Waals surface area contributed by atoms with Crippen LogP contribution in [0.1, 0.15) is 47.0 Å². The van der Waals surface area contributed by atoms with Crippen LogP contribution in [-0.2, 0) is 14.2 Å². The van der Waals surface area contributed by atoms with Crippen LogP contribution in [0.4, 0.5) is 0 Å². The van der Waals surface area contributed by atoms with Gasteiger partial charge in [-0.2, -0.15) is 0 Å². The zero-order chi connectivity index (χ0) is 14.2. The second-order valence-corrected chi connectivity index (χ2v) is 7.10. The first-order chi connectivity index (χ1) is 9.47. The van der Waals surface area contributed by atoms with Gasteiger partial charge >= 0.3 is 0 Å². The number of epoxide rings is 1. The molecule has 0 N–H and O–H groups in total. The molecule has 2 heterocycles. The smallest absolute Gasteiger partial charge is 0.239 e. The molecule has 0 radical (unpaired) electrons. The molecule has 1 saturated heterocycles. The van der Waals surface area contributed by atoms with E-state index in [4.69, 9.17) is 14.2 Å². The zero-order valence-corrected chi connectivity index (χ0v) is 12.9. The molecular weight excluding hydrogens is 252 g/mol. The molecule has 0 amide bonds.